The van der Waals surface area contributed by atoms with Crippen LogP contribution in [0.5, 0.6) is 5.75 Å². The first-order chi connectivity index (χ1) is 24.6. The Labute approximate surface area is 302 Å². The lowest BCUT2D eigenvalue weighted by Gasteiger charge is -2.46. The number of ketones is 1. The maximum absolute atomic E-state index is 14.7. The summed E-state index contributed by atoms with van der Waals surface area (Å²) in [6, 6.07) is 12.7. The number of hydrogen-bond donors (Lipinski definition) is 0. The number of anilines is 1. The van der Waals surface area contributed by atoms with Crippen molar-refractivity contribution in [3.63, 3.8) is 0 Å². The predicted octanol–water partition coefficient (Wildman–Crippen LogP) is 7.13. The highest BCUT2D eigenvalue weighted by Gasteiger charge is 2.44. The molecule has 0 unspecified atom stereocenters. The van der Waals surface area contributed by atoms with Crippen LogP contribution in [0.4, 0.5) is 5.69 Å². The molecular weight excluding hydrogens is 661 g/mol. The number of amides is 1. The van der Waals surface area contributed by atoms with Crippen LogP contribution < -0.4 is 9.64 Å². The van der Waals surface area contributed by atoms with Crippen molar-refractivity contribution in [3.05, 3.63) is 88.8 Å². The van der Waals surface area contributed by atoms with Crippen LogP contribution in [-0.4, -0.2) is 70.1 Å². The number of rotatable bonds is 5. The van der Waals surface area contributed by atoms with Crippen LogP contribution in [0.15, 0.2) is 65.3 Å². The third-order valence-electron chi connectivity index (χ3n) is 12.0. The van der Waals surface area contributed by atoms with Gasteiger partial charge < -0.3 is 14.4 Å². The Balaban J connectivity index is 1.18. The Morgan fingerprint density at radius 2 is 2.00 bits per heavy atom. The summed E-state index contributed by atoms with van der Waals surface area (Å²) in [6.07, 6.45) is 15.7. The van der Waals surface area contributed by atoms with Crippen LogP contribution in [0.25, 0.3) is 0 Å². The lowest BCUT2D eigenvalue weighted by Crippen LogP contribution is -2.49. The fourth-order valence-corrected chi connectivity index (χ4v) is 11.2. The first-order valence-electron chi connectivity index (χ1n) is 18.8. The molecule has 2 aromatic carbocycles. The summed E-state index contributed by atoms with van der Waals surface area (Å²) in [5.41, 5.74) is 5.51. The van der Waals surface area contributed by atoms with E-state index in [1.165, 1.54) is 16.7 Å². The number of fused-ring (bicyclic) bond motifs is 4. The average molecular weight is 711 g/mol. The quantitative estimate of drug-likeness (QED) is 0.205. The normalized spacial score (nSPS) is 31.4. The molecule has 9 nitrogen and oxygen atoms in total. The van der Waals surface area contributed by atoms with Crippen molar-refractivity contribution in [1.82, 2.24) is 9.78 Å². The minimum absolute atomic E-state index is 0.0227. The van der Waals surface area contributed by atoms with E-state index >= 15 is 0 Å². The second kappa shape index (κ2) is 13.7. The molecule has 3 heterocycles. The van der Waals surface area contributed by atoms with Crippen LogP contribution >= 0.6 is 0 Å². The van der Waals surface area contributed by atoms with Crippen LogP contribution in [0.2, 0.25) is 0 Å². The number of allylic oxidation sites excluding steroid dienone is 1. The molecule has 8 rings (SSSR count). The number of carbonyl (C=O) groups excluding carboxylic acids is 2. The van der Waals surface area contributed by atoms with Gasteiger partial charge in [0.05, 0.1) is 51.7 Å². The van der Waals surface area contributed by atoms with Crippen molar-refractivity contribution in [2.45, 2.75) is 82.8 Å². The van der Waals surface area contributed by atoms with Gasteiger partial charge in [0, 0.05) is 43.1 Å². The molecule has 2 fully saturated rings. The monoisotopic (exact) mass is 710 g/mol. The number of hydrogen-bond acceptors (Lipinski definition) is 7. The second-order valence-corrected chi connectivity index (χ2v) is 18.3. The number of carbonyl (C=O) groups is 2. The zero-order chi connectivity index (χ0) is 35.3. The zero-order valence-corrected chi connectivity index (χ0v) is 30.9. The highest BCUT2D eigenvalue weighted by Crippen LogP contribution is 2.47. The molecule has 51 heavy (non-hydrogen) atoms. The van der Waals surface area contributed by atoms with Gasteiger partial charge in [-0.05, 0) is 105 Å². The number of ether oxygens (including phenoxy) is 2. The van der Waals surface area contributed by atoms with Gasteiger partial charge >= 0.3 is 0 Å². The molecule has 1 amide bonds. The van der Waals surface area contributed by atoms with Gasteiger partial charge in [0.15, 0.2) is 5.78 Å². The molecule has 0 radical (unpaired) electrons. The molecule has 3 aliphatic carbocycles. The summed E-state index contributed by atoms with van der Waals surface area (Å²) in [6.45, 7) is 6.33. The van der Waals surface area contributed by atoms with E-state index < -0.39 is 15.6 Å². The van der Waals surface area contributed by atoms with Crippen LogP contribution in [0.3, 0.4) is 0 Å². The highest BCUT2D eigenvalue weighted by atomic mass is 32.2. The Kier molecular flexibility index (Phi) is 9.19. The number of methoxy groups -OCH3 is 1. The van der Waals surface area contributed by atoms with Crippen molar-refractivity contribution in [3.8, 4) is 5.75 Å². The Hall–Kier alpha value is -3.76. The summed E-state index contributed by atoms with van der Waals surface area (Å²) in [5, 5.41) is 4.37. The van der Waals surface area contributed by atoms with Gasteiger partial charge in [-0.3, -0.25) is 14.3 Å². The highest BCUT2D eigenvalue weighted by molar-refractivity contribution is 7.94. The van der Waals surface area contributed by atoms with Gasteiger partial charge in [0.25, 0.3) is 5.91 Å². The van der Waals surface area contributed by atoms with Gasteiger partial charge in [-0.25, -0.2) is 4.21 Å². The minimum atomic E-state index is -3.26. The van der Waals surface area contributed by atoms with E-state index in [0.29, 0.717) is 42.0 Å². The van der Waals surface area contributed by atoms with E-state index in [4.69, 9.17) is 9.47 Å². The molecule has 5 aliphatic rings. The fourth-order valence-electron chi connectivity index (χ4n) is 8.94. The van der Waals surface area contributed by atoms with E-state index in [2.05, 4.69) is 51.6 Å². The number of nitrogens with zero attached hydrogens (tertiary/aromatic N) is 4. The maximum atomic E-state index is 14.7. The lowest BCUT2D eigenvalue weighted by molar-refractivity contribution is 0.0131. The topological polar surface area (TPSA) is 103 Å². The SMILES string of the molecule is CO[C@H]1/C=C/C[C@H](C)C[S@@](=O)(CC(=O)c2cnn(C3CC3)c2)=NC(=O)c2ccc3c(c2)N(C[C@@H]2CC[C@H]21)C[C@@]1(CCCc2cc(C)ccc21)CO3. The summed E-state index contributed by atoms with van der Waals surface area (Å²) < 4.78 is 33.7. The lowest BCUT2D eigenvalue weighted by atomic mass is 9.68. The van der Waals surface area contributed by atoms with E-state index in [9.17, 15) is 13.8 Å². The fraction of sp³-hybridized carbons (Fsp3) is 0.537. The molecule has 1 aromatic heterocycles. The first kappa shape index (κ1) is 34.3. The van der Waals surface area contributed by atoms with Crippen LogP contribution in [-0.2, 0) is 26.3 Å². The van der Waals surface area contributed by atoms with Gasteiger partial charge in [-0.15, -0.1) is 0 Å². The van der Waals surface area contributed by atoms with Gasteiger partial charge in [-0.2, -0.15) is 9.46 Å². The molecule has 2 bridgehead atoms. The Bertz CT molecular complexity index is 1990. The maximum Gasteiger partial charge on any atom is 0.285 e. The first-order valence-corrected chi connectivity index (χ1v) is 20.6. The summed E-state index contributed by atoms with van der Waals surface area (Å²) in [4.78, 5) is 30.1. The molecule has 10 heteroatoms. The number of Topliss-reactive ketones (excluding diaryl/α,β-unsaturated/α-hetero) is 1. The predicted molar refractivity (Wildman–Crippen MR) is 199 cm³/mol. The van der Waals surface area contributed by atoms with Crippen molar-refractivity contribution in [2.24, 2.45) is 22.1 Å². The van der Waals surface area contributed by atoms with Gasteiger partial charge in [-0.1, -0.05) is 42.8 Å². The second-order valence-electron chi connectivity index (χ2n) is 16.0. The third kappa shape index (κ3) is 6.93. The van der Waals surface area contributed by atoms with Gasteiger partial charge in [0.2, 0.25) is 0 Å². The van der Waals surface area contributed by atoms with E-state index in [-0.39, 0.29) is 34.7 Å². The summed E-state index contributed by atoms with van der Waals surface area (Å²) >= 11 is 0. The minimum Gasteiger partial charge on any atom is -0.490 e. The largest absolute Gasteiger partial charge is 0.490 e. The molecule has 0 N–H and O–H groups in total. The van der Waals surface area contributed by atoms with Crippen molar-refractivity contribution >= 4 is 27.1 Å². The molecule has 0 saturated heterocycles. The molecule has 2 saturated carbocycles. The molecule has 2 aliphatic heterocycles. The van der Waals surface area contributed by atoms with Gasteiger partial charge in [0.1, 0.15) is 5.75 Å². The van der Waals surface area contributed by atoms with Crippen molar-refractivity contribution in [1.29, 1.82) is 0 Å². The summed E-state index contributed by atoms with van der Waals surface area (Å²) in [5.74, 6) is 0.434. The van der Waals surface area contributed by atoms with E-state index in [0.717, 1.165) is 69.5 Å². The smallest absolute Gasteiger partial charge is 0.285 e. The van der Waals surface area contributed by atoms with Crippen LogP contribution in [0.1, 0.15) is 95.3 Å². The Morgan fingerprint density at radius 3 is 2.78 bits per heavy atom. The standard InChI is InChI=1S/C41H50N4O5S/c1-27-9-15-35-29(18-27)7-5-17-41(35)25-44-21-31-10-14-34(31)38(49-3)8-4-6-28(2)23-51(48,24-37(46)32-20-42-45(22-32)33-12-13-33)43-40(47)30-11-16-39(50-26-41)36(44)19-30/h4,8-9,11,15-16,18-20,22,28,31,33-34,38H,5-7,10,12-14,17,21,23-26H2,1-3H3/b8-4+/t28-,31-,34+,38-,41-,51+/m0/s1. The molecule has 1 spiro atoms. The third-order valence-corrected chi connectivity index (χ3v) is 14.3. The number of benzene rings is 2. The molecule has 6 atom stereocenters. The van der Waals surface area contributed by atoms with Crippen molar-refractivity contribution in [2.75, 3.05) is 43.2 Å². The van der Waals surface area contributed by atoms with Crippen molar-refractivity contribution < 1.29 is 23.3 Å². The van der Waals surface area contributed by atoms with E-state index in [1.54, 1.807) is 25.6 Å². The number of aromatic nitrogens is 2. The summed E-state index contributed by atoms with van der Waals surface area (Å²) in [7, 11) is -1.47. The zero-order valence-electron chi connectivity index (χ0n) is 30.1. The average Bonchev–Trinajstić information content (AvgIpc) is 3.85. The van der Waals surface area contributed by atoms with Crippen LogP contribution in [0, 0.1) is 24.7 Å². The van der Waals surface area contributed by atoms with E-state index in [1.807, 2.05) is 23.7 Å². The molecular formula is C41H50N4O5S. The molecule has 3 aromatic rings. The Morgan fingerprint density at radius 1 is 1.14 bits per heavy atom. The number of aryl methyl sites for hydroxylation is 2. The molecule has 270 valence electrons.